The molecular formula is C61H44N2. The van der Waals surface area contributed by atoms with Crippen molar-refractivity contribution < 1.29 is 0 Å². The van der Waals surface area contributed by atoms with E-state index in [0.29, 0.717) is 0 Å². The lowest BCUT2D eigenvalue weighted by molar-refractivity contribution is 0.660. The van der Waals surface area contributed by atoms with Crippen molar-refractivity contribution in [3.8, 4) is 50.2 Å². The van der Waals surface area contributed by atoms with Crippen molar-refractivity contribution >= 4 is 49.6 Å². The molecule has 0 atom stereocenters. The summed E-state index contributed by atoms with van der Waals surface area (Å²) in [6, 6.07) is 84.6. The minimum absolute atomic E-state index is 0.113. The molecule has 0 spiro atoms. The van der Waals surface area contributed by atoms with Crippen LogP contribution in [0.15, 0.2) is 231 Å². The number of para-hydroxylation sites is 1. The SMILES string of the molecule is CC1(C)c2ccccc2-c2ccc(N(c3ccc(-c4ccc(-c5ccccc5)cc4)cc3)c3ccc(-c4cccc5c4c4ccccc4n5-c4ccc5ccccc5c4)cc3)cc21. The molecule has 1 aromatic heterocycles. The number of anilines is 3. The fraction of sp³-hybridized carbons (Fsp3) is 0.0492. The van der Waals surface area contributed by atoms with Crippen LogP contribution in [0.1, 0.15) is 25.0 Å². The molecule has 0 saturated heterocycles. The maximum Gasteiger partial charge on any atom is 0.0547 e. The van der Waals surface area contributed by atoms with Gasteiger partial charge in [-0.15, -0.1) is 0 Å². The first-order chi connectivity index (χ1) is 31.0. The van der Waals surface area contributed by atoms with Gasteiger partial charge >= 0.3 is 0 Å². The first kappa shape index (κ1) is 36.9. The fourth-order valence-corrected chi connectivity index (χ4v) is 10.2. The Morgan fingerprint density at radius 1 is 0.349 bits per heavy atom. The van der Waals surface area contributed by atoms with E-state index in [1.807, 2.05) is 0 Å². The molecule has 1 aliphatic carbocycles. The molecule has 0 radical (unpaired) electrons. The van der Waals surface area contributed by atoms with Crippen LogP contribution in [-0.2, 0) is 5.41 Å². The largest absolute Gasteiger partial charge is 0.310 e. The third-order valence-corrected chi connectivity index (χ3v) is 13.4. The van der Waals surface area contributed by atoms with Crippen LogP contribution in [0.4, 0.5) is 17.1 Å². The predicted octanol–water partition coefficient (Wildman–Crippen LogP) is 16.7. The zero-order valence-electron chi connectivity index (χ0n) is 35.3. The van der Waals surface area contributed by atoms with E-state index in [0.717, 1.165) is 17.1 Å². The highest BCUT2D eigenvalue weighted by Gasteiger charge is 2.35. The quantitative estimate of drug-likeness (QED) is 0.156. The van der Waals surface area contributed by atoms with Gasteiger partial charge in [-0.2, -0.15) is 0 Å². The van der Waals surface area contributed by atoms with Crippen molar-refractivity contribution in [3.05, 3.63) is 242 Å². The van der Waals surface area contributed by atoms with Gasteiger partial charge in [0.2, 0.25) is 0 Å². The predicted molar refractivity (Wildman–Crippen MR) is 267 cm³/mol. The Morgan fingerprint density at radius 3 is 1.63 bits per heavy atom. The van der Waals surface area contributed by atoms with Crippen LogP contribution in [-0.4, -0.2) is 4.57 Å². The molecule has 298 valence electrons. The highest BCUT2D eigenvalue weighted by atomic mass is 15.1. The molecule has 0 bridgehead atoms. The summed E-state index contributed by atoms with van der Waals surface area (Å²) in [6.45, 7) is 4.71. The Labute approximate surface area is 368 Å². The van der Waals surface area contributed by atoms with Crippen LogP contribution >= 0.6 is 0 Å². The van der Waals surface area contributed by atoms with Gasteiger partial charge in [0.25, 0.3) is 0 Å². The van der Waals surface area contributed by atoms with Crippen LogP contribution in [0.5, 0.6) is 0 Å². The molecule has 1 aliphatic rings. The number of aromatic nitrogens is 1. The second-order valence-corrected chi connectivity index (χ2v) is 17.4. The van der Waals surface area contributed by atoms with Crippen molar-refractivity contribution in [2.45, 2.75) is 19.3 Å². The number of hydrogen-bond acceptors (Lipinski definition) is 1. The van der Waals surface area contributed by atoms with Crippen LogP contribution < -0.4 is 4.90 Å². The van der Waals surface area contributed by atoms with E-state index in [4.69, 9.17) is 0 Å². The summed E-state index contributed by atoms with van der Waals surface area (Å²) < 4.78 is 2.42. The minimum atomic E-state index is -0.113. The maximum absolute atomic E-state index is 2.42. The summed E-state index contributed by atoms with van der Waals surface area (Å²) in [4.78, 5) is 2.41. The number of nitrogens with zero attached hydrogens (tertiary/aromatic N) is 2. The van der Waals surface area contributed by atoms with Gasteiger partial charge in [0.1, 0.15) is 0 Å². The minimum Gasteiger partial charge on any atom is -0.310 e. The van der Waals surface area contributed by atoms with E-state index < -0.39 is 0 Å². The fourth-order valence-electron chi connectivity index (χ4n) is 10.2. The van der Waals surface area contributed by atoms with Crippen LogP contribution in [0, 0.1) is 0 Å². The average molecular weight is 805 g/mol. The van der Waals surface area contributed by atoms with Gasteiger partial charge in [0.05, 0.1) is 11.0 Å². The highest BCUT2D eigenvalue weighted by Crippen LogP contribution is 2.51. The average Bonchev–Trinajstić information content (AvgIpc) is 3.80. The molecular weight excluding hydrogens is 761 g/mol. The Kier molecular flexibility index (Phi) is 8.55. The summed E-state index contributed by atoms with van der Waals surface area (Å²) >= 11 is 0. The van der Waals surface area contributed by atoms with E-state index in [2.05, 4.69) is 254 Å². The summed E-state index contributed by atoms with van der Waals surface area (Å²) in [6.07, 6.45) is 0. The summed E-state index contributed by atoms with van der Waals surface area (Å²) in [7, 11) is 0. The Hall–Kier alpha value is -7.94. The van der Waals surface area contributed by atoms with Gasteiger partial charge < -0.3 is 9.47 Å². The monoisotopic (exact) mass is 804 g/mol. The van der Waals surface area contributed by atoms with E-state index in [-0.39, 0.29) is 5.41 Å². The molecule has 0 N–H and O–H groups in total. The summed E-state index contributed by atoms with van der Waals surface area (Å²) in [5.41, 5.74) is 19.5. The third kappa shape index (κ3) is 6.09. The van der Waals surface area contributed by atoms with Crippen molar-refractivity contribution in [2.24, 2.45) is 0 Å². The van der Waals surface area contributed by atoms with E-state index in [1.165, 1.54) is 93.9 Å². The molecule has 0 fully saturated rings. The number of hydrogen-bond donors (Lipinski definition) is 0. The molecule has 0 aliphatic heterocycles. The maximum atomic E-state index is 2.42. The highest BCUT2D eigenvalue weighted by molar-refractivity contribution is 6.16. The van der Waals surface area contributed by atoms with Crippen LogP contribution in [0.2, 0.25) is 0 Å². The third-order valence-electron chi connectivity index (χ3n) is 13.4. The molecule has 0 amide bonds. The standard InChI is InChI=1S/C61H44N2/c1-61(2)56-20-10-8-17-53(56)54-38-37-51(40-57(54)61)62(48-32-27-45(28-33-48)44-25-23-43(24-26-44)41-13-4-3-5-14-41)49-34-30-46(31-35-49)52-19-12-22-59-60(52)55-18-9-11-21-58(55)63(59)50-36-29-42-15-6-7-16-47(42)39-50/h3-40H,1-2H3. The zero-order valence-corrected chi connectivity index (χ0v) is 35.3. The van der Waals surface area contributed by atoms with Gasteiger partial charge in [-0.05, 0) is 127 Å². The Balaban J connectivity index is 0.957. The normalized spacial score (nSPS) is 12.7. The van der Waals surface area contributed by atoms with Gasteiger partial charge in [0, 0.05) is 38.9 Å². The van der Waals surface area contributed by atoms with Gasteiger partial charge in [0.15, 0.2) is 0 Å². The summed E-state index contributed by atoms with van der Waals surface area (Å²) in [5.74, 6) is 0. The molecule has 63 heavy (non-hydrogen) atoms. The van der Waals surface area contributed by atoms with Crippen molar-refractivity contribution in [1.29, 1.82) is 0 Å². The number of rotatable bonds is 7. The van der Waals surface area contributed by atoms with Crippen molar-refractivity contribution in [3.63, 3.8) is 0 Å². The topological polar surface area (TPSA) is 8.17 Å². The lowest BCUT2D eigenvalue weighted by atomic mass is 9.82. The number of fused-ring (bicyclic) bond motifs is 7. The smallest absolute Gasteiger partial charge is 0.0547 e. The molecule has 1 heterocycles. The molecule has 2 nitrogen and oxygen atoms in total. The zero-order chi connectivity index (χ0) is 42.1. The van der Waals surface area contributed by atoms with E-state index in [9.17, 15) is 0 Å². The number of benzene rings is 10. The molecule has 0 saturated carbocycles. The Morgan fingerprint density at radius 2 is 0.889 bits per heavy atom. The molecule has 10 aromatic carbocycles. The van der Waals surface area contributed by atoms with Crippen LogP contribution in [0.25, 0.3) is 82.8 Å². The van der Waals surface area contributed by atoms with Crippen molar-refractivity contribution in [2.75, 3.05) is 4.90 Å². The molecule has 2 heteroatoms. The lowest BCUT2D eigenvalue weighted by Gasteiger charge is -2.28. The molecule has 12 rings (SSSR count). The second kappa shape index (κ2) is 14.6. The Bertz CT molecular complexity index is 3500. The molecule has 0 unspecified atom stereocenters. The van der Waals surface area contributed by atoms with Gasteiger partial charge in [-0.3, -0.25) is 0 Å². The van der Waals surface area contributed by atoms with Gasteiger partial charge in [-0.1, -0.05) is 184 Å². The van der Waals surface area contributed by atoms with Crippen molar-refractivity contribution in [1.82, 2.24) is 4.57 Å². The first-order valence-corrected chi connectivity index (χ1v) is 21.9. The van der Waals surface area contributed by atoms with Crippen LogP contribution in [0.3, 0.4) is 0 Å². The van der Waals surface area contributed by atoms with Gasteiger partial charge in [-0.25, -0.2) is 0 Å². The summed E-state index contributed by atoms with van der Waals surface area (Å²) in [5, 5.41) is 4.99. The lowest BCUT2D eigenvalue weighted by Crippen LogP contribution is -2.16. The van der Waals surface area contributed by atoms with E-state index >= 15 is 0 Å². The van der Waals surface area contributed by atoms with E-state index in [1.54, 1.807) is 0 Å². The second-order valence-electron chi connectivity index (χ2n) is 17.4. The molecule has 11 aromatic rings. The first-order valence-electron chi connectivity index (χ1n) is 21.9.